The average Bonchev–Trinajstić information content (AvgIpc) is 2.89. The van der Waals surface area contributed by atoms with Crippen LogP contribution in [-0.2, 0) is 4.79 Å². The van der Waals surface area contributed by atoms with Crippen molar-refractivity contribution in [3.63, 3.8) is 0 Å². The minimum atomic E-state index is -0.741. The van der Waals surface area contributed by atoms with Crippen LogP contribution in [0.2, 0.25) is 0 Å². The molecule has 0 spiro atoms. The number of carbonyl (C=O) groups excluding carboxylic acids is 2. The molecule has 0 saturated heterocycles. The first-order valence-electron chi connectivity index (χ1n) is 10.6. The van der Waals surface area contributed by atoms with Gasteiger partial charge in [0.25, 0.3) is 11.6 Å². The number of aryl methyl sites for hydroxylation is 1. The third kappa shape index (κ3) is 6.62. The number of carbonyl (C=O) groups is 2. The van der Waals surface area contributed by atoms with Gasteiger partial charge in [-0.15, -0.1) is 0 Å². The number of benzene rings is 3. The molecule has 0 fully saturated rings. The summed E-state index contributed by atoms with van der Waals surface area (Å²) in [6, 6.07) is 15.4. The molecule has 3 aromatic carbocycles. The summed E-state index contributed by atoms with van der Waals surface area (Å²) in [5.41, 5.74) is 1.12. The Hall–Kier alpha value is -4.44. The highest BCUT2D eigenvalue weighted by Crippen LogP contribution is 2.35. The molecule has 0 unspecified atom stereocenters. The standard InChI is InChI=1S/C26H20IN3O7/c1-15-4-7-19(30(33)34)13-22(15)29-25(31)18(14-28)10-16-11-21(27)24(23(12-16)36-3)37-26(32)17-5-8-20(35-2)9-6-17/h4-13H,1-3H3,(H,29,31)/b18-10+. The summed E-state index contributed by atoms with van der Waals surface area (Å²) < 4.78 is 16.5. The van der Waals surface area contributed by atoms with E-state index in [0.29, 0.717) is 26.0 Å². The Bertz CT molecular complexity index is 1440. The molecule has 0 bridgehead atoms. The molecule has 3 aromatic rings. The highest BCUT2D eigenvalue weighted by molar-refractivity contribution is 14.1. The first kappa shape index (κ1) is 27.2. The second-order valence-corrected chi connectivity index (χ2v) is 8.69. The number of rotatable bonds is 8. The van der Waals surface area contributed by atoms with Crippen LogP contribution in [0.25, 0.3) is 6.08 Å². The van der Waals surface area contributed by atoms with E-state index in [1.807, 2.05) is 28.7 Å². The Morgan fingerprint density at radius 3 is 2.38 bits per heavy atom. The van der Waals surface area contributed by atoms with Crippen molar-refractivity contribution in [3.8, 4) is 23.3 Å². The van der Waals surface area contributed by atoms with Gasteiger partial charge < -0.3 is 19.5 Å². The van der Waals surface area contributed by atoms with Gasteiger partial charge in [0, 0.05) is 12.1 Å². The number of anilines is 1. The highest BCUT2D eigenvalue weighted by atomic mass is 127. The highest BCUT2D eigenvalue weighted by Gasteiger charge is 2.19. The summed E-state index contributed by atoms with van der Waals surface area (Å²) in [5, 5.41) is 23.2. The maximum absolute atomic E-state index is 12.8. The van der Waals surface area contributed by atoms with Crippen LogP contribution < -0.4 is 19.5 Å². The van der Waals surface area contributed by atoms with Crippen molar-refractivity contribution >= 4 is 51.9 Å². The fourth-order valence-electron chi connectivity index (χ4n) is 3.16. The number of nitrogens with zero attached hydrogens (tertiary/aromatic N) is 2. The molecule has 0 aliphatic heterocycles. The van der Waals surface area contributed by atoms with Crippen molar-refractivity contribution in [2.45, 2.75) is 6.92 Å². The molecule has 0 atom stereocenters. The molecule has 0 aromatic heterocycles. The zero-order chi connectivity index (χ0) is 27.1. The molecule has 0 saturated carbocycles. The van der Waals surface area contributed by atoms with Gasteiger partial charge >= 0.3 is 5.97 Å². The van der Waals surface area contributed by atoms with Gasteiger partial charge in [0.15, 0.2) is 11.5 Å². The number of nitro benzene ring substituents is 1. The van der Waals surface area contributed by atoms with Crippen molar-refractivity contribution in [2.75, 3.05) is 19.5 Å². The van der Waals surface area contributed by atoms with Gasteiger partial charge in [0.05, 0.1) is 34.0 Å². The lowest BCUT2D eigenvalue weighted by Crippen LogP contribution is -2.14. The Morgan fingerprint density at radius 1 is 1.08 bits per heavy atom. The van der Waals surface area contributed by atoms with E-state index < -0.39 is 16.8 Å². The Balaban J connectivity index is 1.86. The number of hydrogen-bond acceptors (Lipinski definition) is 8. The number of esters is 1. The minimum absolute atomic E-state index is 0.177. The molecular formula is C26H20IN3O7. The van der Waals surface area contributed by atoms with E-state index >= 15 is 0 Å². The zero-order valence-corrected chi connectivity index (χ0v) is 22.1. The Labute approximate surface area is 225 Å². The molecule has 10 nitrogen and oxygen atoms in total. The number of halogens is 1. The first-order valence-corrected chi connectivity index (χ1v) is 11.7. The largest absolute Gasteiger partial charge is 0.497 e. The van der Waals surface area contributed by atoms with E-state index in [9.17, 15) is 25.0 Å². The van der Waals surface area contributed by atoms with Gasteiger partial charge in [-0.3, -0.25) is 14.9 Å². The molecule has 0 heterocycles. The summed E-state index contributed by atoms with van der Waals surface area (Å²) in [6.45, 7) is 1.67. The van der Waals surface area contributed by atoms with Gasteiger partial charge in [-0.25, -0.2) is 4.79 Å². The number of nitro groups is 1. The lowest BCUT2D eigenvalue weighted by atomic mass is 10.1. The van der Waals surface area contributed by atoms with Crippen LogP contribution >= 0.6 is 22.6 Å². The summed E-state index contributed by atoms with van der Waals surface area (Å²) >= 11 is 1.95. The zero-order valence-electron chi connectivity index (χ0n) is 19.9. The Morgan fingerprint density at radius 2 is 1.78 bits per heavy atom. The third-order valence-electron chi connectivity index (χ3n) is 5.13. The van der Waals surface area contributed by atoms with Crippen LogP contribution in [0, 0.1) is 31.9 Å². The molecule has 37 heavy (non-hydrogen) atoms. The lowest BCUT2D eigenvalue weighted by molar-refractivity contribution is -0.384. The normalized spacial score (nSPS) is 10.7. The summed E-state index contributed by atoms with van der Waals surface area (Å²) in [6.07, 6.45) is 1.34. The smallest absolute Gasteiger partial charge is 0.343 e. The van der Waals surface area contributed by atoms with Gasteiger partial charge in [0.1, 0.15) is 17.4 Å². The quantitative estimate of drug-likeness (QED) is 0.0688. The molecule has 0 aliphatic carbocycles. The molecule has 3 rings (SSSR count). The van der Waals surface area contributed by atoms with Gasteiger partial charge in [-0.1, -0.05) is 6.07 Å². The summed E-state index contributed by atoms with van der Waals surface area (Å²) in [4.78, 5) is 35.9. The van der Waals surface area contributed by atoms with Crippen LogP contribution in [0.3, 0.4) is 0 Å². The SMILES string of the molecule is COc1ccc(C(=O)Oc2c(I)cc(/C=C(\C#N)C(=O)Nc3cc([N+](=O)[O-])ccc3C)cc2OC)cc1. The molecule has 1 amide bonds. The predicted octanol–water partition coefficient (Wildman–Crippen LogP) is 5.29. The van der Waals surface area contributed by atoms with E-state index in [0.717, 1.165) is 0 Å². The number of nitriles is 1. The van der Waals surface area contributed by atoms with Gasteiger partial charge in [-0.2, -0.15) is 5.26 Å². The second-order valence-electron chi connectivity index (χ2n) is 7.53. The van der Waals surface area contributed by atoms with E-state index in [2.05, 4.69) is 5.32 Å². The topological polar surface area (TPSA) is 141 Å². The fourth-order valence-corrected chi connectivity index (χ4v) is 3.90. The van der Waals surface area contributed by atoms with E-state index in [4.69, 9.17) is 14.2 Å². The number of hydrogen-bond donors (Lipinski definition) is 1. The number of amides is 1. The number of ether oxygens (including phenoxy) is 3. The van der Waals surface area contributed by atoms with E-state index in [1.165, 1.54) is 44.6 Å². The van der Waals surface area contributed by atoms with Crippen molar-refractivity contribution in [1.29, 1.82) is 5.26 Å². The van der Waals surface area contributed by atoms with E-state index in [1.54, 1.807) is 37.3 Å². The molecule has 0 radical (unpaired) electrons. The van der Waals surface area contributed by atoms with Crippen LogP contribution in [0.4, 0.5) is 11.4 Å². The molecule has 11 heteroatoms. The summed E-state index contributed by atoms with van der Waals surface area (Å²) in [5.74, 6) is -0.358. The van der Waals surface area contributed by atoms with Crippen LogP contribution in [0.5, 0.6) is 17.2 Å². The number of non-ortho nitro benzene ring substituents is 1. The maximum Gasteiger partial charge on any atom is 0.343 e. The molecule has 188 valence electrons. The van der Waals surface area contributed by atoms with Crippen molar-refractivity contribution in [3.05, 3.63) is 90.5 Å². The van der Waals surface area contributed by atoms with E-state index in [-0.39, 0.29) is 28.4 Å². The van der Waals surface area contributed by atoms with Crippen LogP contribution in [-0.4, -0.2) is 31.0 Å². The lowest BCUT2D eigenvalue weighted by Gasteiger charge is -2.13. The van der Waals surface area contributed by atoms with Gasteiger partial charge in [0.2, 0.25) is 0 Å². The fraction of sp³-hybridized carbons (Fsp3) is 0.115. The number of nitrogens with one attached hydrogen (secondary N) is 1. The average molecular weight is 613 g/mol. The molecule has 0 aliphatic rings. The second kappa shape index (κ2) is 12.0. The number of methoxy groups -OCH3 is 2. The monoisotopic (exact) mass is 613 g/mol. The van der Waals surface area contributed by atoms with Crippen molar-refractivity contribution in [1.82, 2.24) is 0 Å². The van der Waals surface area contributed by atoms with Crippen molar-refractivity contribution < 1.29 is 28.7 Å². The molecular weight excluding hydrogens is 593 g/mol. The van der Waals surface area contributed by atoms with Gasteiger partial charge in [-0.05, 0) is 83.1 Å². The van der Waals surface area contributed by atoms with Crippen LogP contribution in [0.15, 0.2) is 60.2 Å². The first-order chi connectivity index (χ1) is 17.7. The molecule has 1 N–H and O–H groups in total. The minimum Gasteiger partial charge on any atom is -0.497 e. The van der Waals surface area contributed by atoms with Crippen LogP contribution in [0.1, 0.15) is 21.5 Å². The predicted molar refractivity (Wildman–Crippen MR) is 144 cm³/mol. The third-order valence-corrected chi connectivity index (χ3v) is 5.93. The van der Waals surface area contributed by atoms with Crippen molar-refractivity contribution in [2.24, 2.45) is 0 Å². The summed E-state index contributed by atoms with van der Waals surface area (Å²) in [7, 11) is 2.92. The Kier molecular flexibility index (Phi) is 8.81. The maximum atomic E-state index is 12.8.